The third-order valence-corrected chi connectivity index (χ3v) is 7.14. The topological polar surface area (TPSA) is 92.8 Å². The summed E-state index contributed by atoms with van der Waals surface area (Å²) in [6, 6.07) is 11.4. The number of halogens is 1. The van der Waals surface area contributed by atoms with E-state index in [4.69, 9.17) is 16.3 Å². The number of nitrogens with one attached hydrogen (secondary N) is 1. The van der Waals surface area contributed by atoms with E-state index in [-0.39, 0.29) is 27.4 Å². The standard InChI is InChI=1S/C21H21ClN2O5S/c1-13(20(25)24-11-10-14-4-2-3-5-18(14)24)29-21(26)15-6-9-17(22)19(12-15)30(27,28)23-16-7-8-16/h2-6,9,12-13,16,23H,7-8,10-11H2,1H3/t13-/m1/s1. The van der Waals surface area contributed by atoms with Crippen LogP contribution in [-0.2, 0) is 26.0 Å². The molecular weight excluding hydrogens is 428 g/mol. The molecule has 1 saturated carbocycles. The van der Waals surface area contributed by atoms with Gasteiger partial charge in [0.2, 0.25) is 10.0 Å². The van der Waals surface area contributed by atoms with Crippen molar-refractivity contribution in [2.24, 2.45) is 0 Å². The summed E-state index contributed by atoms with van der Waals surface area (Å²) in [6.45, 7) is 2.03. The second-order valence-corrected chi connectivity index (χ2v) is 9.55. The van der Waals surface area contributed by atoms with E-state index in [0.717, 1.165) is 30.5 Å². The van der Waals surface area contributed by atoms with Crippen molar-refractivity contribution in [2.75, 3.05) is 11.4 Å². The molecule has 30 heavy (non-hydrogen) atoms. The quantitative estimate of drug-likeness (QED) is 0.686. The molecule has 9 heteroatoms. The number of fused-ring (bicyclic) bond motifs is 1. The molecule has 1 heterocycles. The largest absolute Gasteiger partial charge is 0.449 e. The van der Waals surface area contributed by atoms with Crippen molar-refractivity contribution >= 4 is 39.2 Å². The highest BCUT2D eigenvalue weighted by Gasteiger charge is 2.32. The first-order valence-electron chi connectivity index (χ1n) is 9.68. The summed E-state index contributed by atoms with van der Waals surface area (Å²) in [4.78, 5) is 26.8. The van der Waals surface area contributed by atoms with Gasteiger partial charge in [0, 0.05) is 18.3 Å². The van der Waals surface area contributed by atoms with Gasteiger partial charge in [-0.05, 0) is 56.0 Å². The molecule has 1 aliphatic carbocycles. The van der Waals surface area contributed by atoms with Crippen molar-refractivity contribution in [3.05, 3.63) is 58.6 Å². The molecule has 1 aliphatic heterocycles. The molecule has 7 nitrogen and oxygen atoms in total. The molecule has 1 fully saturated rings. The van der Waals surface area contributed by atoms with Gasteiger partial charge >= 0.3 is 5.97 Å². The Morgan fingerprint density at radius 2 is 1.93 bits per heavy atom. The fourth-order valence-corrected chi connectivity index (χ4v) is 5.22. The van der Waals surface area contributed by atoms with E-state index in [9.17, 15) is 18.0 Å². The van der Waals surface area contributed by atoms with Gasteiger partial charge < -0.3 is 9.64 Å². The zero-order chi connectivity index (χ0) is 21.5. The number of esters is 1. The molecule has 1 atom stereocenters. The van der Waals surface area contributed by atoms with Crippen LogP contribution in [0.3, 0.4) is 0 Å². The van der Waals surface area contributed by atoms with Gasteiger partial charge in [-0.2, -0.15) is 0 Å². The van der Waals surface area contributed by atoms with Crippen molar-refractivity contribution < 1.29 is 22.7 Å². The fraction of sp³-hybridized carbons (Fsp3) is 0.333. The molecule has 4 rings (SSSR count). The number of anilines is 1. The van der Waals surface area contributed by atoms with E-state index in [0.29, 0.717) is 6.54 Å². The average molecular weight is 449 g/mol. The molecule has 1 amide bonds. The second kappa shape index (κ2) is 8.02. The Labute approximate surface area is 180 Å². The molecule has 0 bridgehead atoms. The summed E-state index contributed by atoms with van der Waals surface area (Å²) in [5.74, 6) is -1.12. The summed E-state index contributed by atoms with van der Waals surface area (Å²) in [7, 11) is -3.84. The van der Waals surface area contributed by atoms with Crippen LogP contribution in [0.15, 0.2) is 47.4 Å². The van der Waals surface area contributed by atoms with Crippen molar-refractivity contribution in [2.45, 2.75) is 43.2 Å². The lowest BCUT2D eigenvalue weighted by Gasteiger charge is -2.21. The SMILES string of the molecule is C[C@@H](OC(=O)c1ccc(Cl)c(S(=O)(=O)NC2CC2)c1)C(=O)N1CCc2ccccc21. The molecule has 1 N–H and O–H groups in total. The average Bonchev–Trinajstić information content (AvgIpc) is 3.41. The summed E-state index contributed by atoms with van der Waals surface area (Å²) in [5, 5.41) is 0.0116. The molecule has 0 aromatic heterocycles. The Balaban J connectivity index is 1.48. The molecule has 2 aliphatic rings. The van der Waals surface area contributed by atoms with Crippen LogP contribution < -0.4 is 9.62 Å². The number of ether oxygens (including phenoxy) is 1. The molecule has 0 unspecified atom stereocenters. The van der Waals surface area contributed by atoms with Gasteiger partial charge in [0.05, 0.1) is 10.6 Å². The minimum Gasteiger partial charge on any atom is -0.449 e. The fourth-order valence-electron chi connectivity index (χ4n) is 3.39. The Morgan fingerprint density at radius 1 is 1.20 bits per heavy atom. The minimum absolute atomic E-state index is 0.0112. The number of hydrogen-bond donors (Lipinski definition) is 1. The lowest BCUT2D eigenvalue weighted by atomic mass is 10.2. The van der Waals surface area contributed by atoms with Crippen LogP contribution in [0.25, 0.3) is 0 Å². The predicted molar refractivity (Wildman–Crippen MR) is 112 cm³/mol. The maximum absolute atomic E-state index is 12.8. The molecule has 0 saturated heterocycles. The highest BCUT2D eigenvalue weighted by molar-refractivity contribution is 7.89. The summed E-state index contributed by atoms with van der Waals surface area (Å²) in [5.41, 5.74) is 1.90. The zero-order valence-corrected chi connectivity index (χ0v) is 17.9. The van der Waals surface area contributed by atoms with Gasteiger partial charge in [0.15, 0.2) is 6.10 Å². The number of para-hydroxylation sites is 1. The van der Waals surface area contributed by atoms with Crippen LogP contribution in [0, 0.1) is 0 Å². The van der Waals surface area contributed by atoms with Crippen molar-refractivity contribution in [1.29, 1.82) is 0 Å². The predicted octanol–water partition coefficient (Wildman–Crippen LogP) is 2.92. The molecule has 158 valence electrons. The van der Waals surface area contributed by atoms with Crippen molar-refractivity contribution in [3.63, 3.8) is 0 Å². The van der Waals surface area contributed by atoms with Crippen molar-refractivity contribution in [3.8, 4) is 0 Å². The highest BCUT2D eigenvalue weighted by Crippen LogP contribution is 2.29. The van der Waals surface area contributed by atoms with E-state index >= 15 is 0 Å². The number of nitrogens with zero attached hydrogens (tertiary/aromatic N) is 1. The molecule has 2 aromatic carbocycles. The van der Waals surface area contributed by atoms with Crippen LogP contribution in [0.5, 0.6) is 0 Å². The summed E-state index contributed by atoms with van der Waals surface area (Å²) >= 11 is 6.05. The van der Waals surface area contributed by atoms with Gasteiger partial charge in [0.25, 0.3) is 5.91 Å². The number of amides is 1. The van der Waals surface area contributed by atoms with E-state index in [1.807, 2.05) is 24.3 Å². The third kappa shape index (κ3) is 4.21. The first-order valence-corrected chi connectivity index (χ1v) is 11.5. The number of carbonyl (C=O) groups is 2. The zero-order valence-electron chi connectivity index (χ0n) is 16.3. The van der Waals surface area contributed by atoms with E-state index in [1.165, 1.54) is 25.1 Å². The van der Waals surface area contributed by atoms with Gasteiger partial charge in [-0.15, -0.1) is 0 Å². The Morgan fingerprint density at radius 3 is 2.67 bits per heavy atom. The smallest absolute Gasteiger partial charge is 0.338 e. The maximum atomic E-state index is 12.8. The Bertz CT molecular complexity index is 1110. The first-order chi connectivity index (χ1) is 14.3. The van der Waals surface area contributed by atoms with Gasteiger partial charge in [-0.3, -0.25) is 4.79 Å². The first kappa shape index (κ1) is 20.8. The van der Waals surface area contributed by atoms with Crippen LogP contribution in [0.2, 0.25) is 5.02 Å². The number of carbonyl (C=O) groups excluding carboxylic acids is 2. The molecule has 0 spiro atoms. The molecule has 2 aromatic rings. The molecule has 0 radical (unpaired) electrons. The van der Waals surface area contributed by atoms with E-state index in [1.54, 1.807) is 4.90 Å². The monoisotopic (exact) mass is 448 g/mol. The third-order valence-electron chi connectivity index (χ3n) is 5.14. The summed E-state index contributed by atoms with van der Waals surface area (Å²) in [6.07, 6.45) is 1.27. The van der Waals surface area contributed by atoms with Crippen LogP contribution >= 0.6 is 11.6 Å². The van der Waals surface area contributed by atoms with Crippen LogP contribution in [0.1, 0.15) is 35.7 Å². The van der Waals surface area contributed by atoms with Crippen LogP contribution in [0.4, 0.5) is 5.69 Å². The van der Waals surface area contributed by atoms with Crippen LogP contribution in [-0.4, -0.2) is 39.0 Å². The normalized spacial score (nSPS) is 16.8. The van der Waals surface area contributed by atoms with Gasteiger partial charge in [0.1, 0.15) is 4.90 Å². The lowest BCUT2D eigenvalue weighted by Crippen LogP contribution is -2.39. The minimum atomic E-state index is -3.84. The number of benzene rings is 2. The lowest BCUT2D eigenvalue weighted by molar-refractivity contribution is -0.126. The van der Waals surface area contributed by atoms with Gasteiger partial charge in [-0.25, -0.2) is 17.9 Å². The maximum Gasteiger partial charge on any atom is 0.338 e. The van der Waals surface area contributed by atoms with E-state index < -0.39 is 22.1 Å². The van der Waals surface area contributed by atoms with Crippen molar-refractivity contribution in [1.82, 2.24) is 4.72 Å². The Kier molecular flexibility index (Phi) is 5.57. The highest BCUT2D eigenvalue weighted by atomic mass is 35.5. The van der Waals surface area contributed by atoms with Gasteiger partial charge in [-0.1, -0.05) is 29.8 Å². The number of sulfonamides is 1. The number of rotatable bonds is 6. The summed E-state index contributed by atoms with van der Waals surface area (Å²) < 4.78 is 32.9. The molecular formula is C21H21ClN2O5S. The number of hydrogen-bond acceptors (Lipinski definition) is 5. The second-order valence-electron chi connectivity index (χ2n) is 7.46. The Hall–Kier alpha value is -2.42. The van der Waals surface area contributed by atoms with E-state index in [2.05, 4.69) is 4.72 Å².